The molecule has 1 atom stereocenters. The maximum Gasteiger partial charge on any atom is 0.317 e. The number of hydrogen-bond acceptors (Lipinski definition) is 3. The quantitative estimate of drug-likeness (QED) is 0.795. The number of carbonyl (C=O) groups is 3. The maximum absolute atomic E-state index is 12.0. The van der Waals surface area contributed by atoms with Gasteiger partial charge in [-0.3, -0.25) is 9.59 Å². The van der Waals surface area contributed by atoms with E-state index in [-0.39, 0.29) is 30.4 Å². The molecule has 0 saturated carbocycles. The van der Waals surface area contributed by atoms with Gasteiger partial charge in [0.1, 0.15) is 6.54 Å². The second-order valence-corrected chi connectivity index (χ2v) is 6.72. The Kier molecular flexibility index (Phi) is 5.57. The molecule has 1 heterocycles. The Morgan fingerprint density at radius 2 is 1.95 bits per heavy atom. The highest BCUT2D eigenvalue weighted by atomic mass is 16.4. The third-order valence-corrected chi connectivity index (χ3v) is 3.45. The van der Waals surface area contributed by atoms with Crippen LogP contribution in [0.1, 0.15) is 27.2 Å². The smallest absolute Gasteiger partial charge is 0.317 e. The van der Waals surface area contributed by atoms with Gasteiger partial charge in [0.25, 0.3) is 0 Å². The summed E-state index contributed by atoms with van der Waals surface area (Å²) in [5.74, 6) is -1.65. The Bertz CT molecular complexity index is 417. The Hall–Kier alpha value is -1.79. The molecule has 0 aromatic heterocycles. The lowest BCUT2D eigenvalue weighted by molar-refractivity contribution is -0.142. The van der Waals surface area contributed by atoms with Crippen LogP contribution in [0.5, 0.6) is 0 Å². The van der Waals surface area contributed by atoms with E-state index in [1.54, 1.807) is 11.9 Å². The van der Waals surface area contributed by atoms with Crippen molar-refractivity contribution in [1.29, 1.82) is 0 Å². The minimum Gasteiger partial charge on any atom is -0.481 e. The highest BCUT2D eigenvalue weighted by Crippen LogP contribution is 2.24. The number of urea groups is 1. The normalized spacial score (nSPS) is 17.6. The van der Waals surface area contributed by atoms with Gasteiger partial charge in [-0.15, -0.1) is 0 Å². The number of nitrogens with one attached hydrogen (secondary N) is 1. The van der Waals surface area contributed by atoms with E-state index in [2.05, 4.69) is 5.32 Å². The predicted octanol–water partition coefficient (Wildman–Crippen LogP) is 0.607. The van der Waals surface area contributed by atoms with Crippen LogP contribution >= 0.6 is 0 Å². The molecule has 0 radical (unpaired) electrons. The average Bonchev–Trinajstić information content (AvgIpc) is 2.35. The minimum atomic E-state index is -0.917. The Morgan fingerprint density at radius 3 is 2.43 bits per heavy atom. The topological polar surface area (TPSA) is 89.9 Å². The fourth-order valence-electron chi connectivity index (χ4n) is 2.24. The van der Waals surface area contributed by atoms with Gasteiger partial charge in [0.05, 0.1) is 5.92 Å². The van der Waals surface area contributed by atoms with Crippen molar-refractivity contribution in [2.24, 2.45) is 11.3 Å². The van der Waals surface area contributed by atoms with Gasteiger partial charge < -0.3 is 20.2 Å². The molecule has 7 heteroatoms. The lowest BCUT2D eigenvalue weighted by atomic mass is 9.84. The van der Waals surface area contributed by atoms with Crippen molar-refractivity contribution in [3.63, 3.8) is 0 Å². The summed E-state index contributed by atoms with van der Waals surface area (Å²) in [4.78, 5) is 37.8. The molecule has 0 aromatic carbocycles. The van der Waals surface area contributed by atoms with E-state index < -0.39 is 11.9 Å². The number of carboxylic acid groups (broad SMARTS) is 1. The molecule has 1 aliphatic rings. The number of likely N-dealkylation sites (N-methyl/N-ethyl adjacent to an activating group) is 1. The molecule has 1 aliphatic heterocycles. The molecule has 0 spiro atoms. The van der Waals surface area contributed by atoms with E-state index in [1.807, 2.05) is 20.8 Å². The highest BCUT2D eigenvalue weighted by molar-refractivity contribution is 5.85. The molecule has 21 heavy (non-hydrogen) atoms. The first kappa shape index (κ1) is 17.3. The summed E-state index contributed by atoms with van der Waals surface area (Å²) in [6, 6.07) is -0.378. The highest BCUT2D eigenvalue weighted by Gasteiger charge is 2.28. The van der Waals surface area contributed by atoms with E-state index in [0.29, 0.717) is 19.5 Å². The number of carbonyl (C=O) groups excluding carboxylic acids is 2. The summed E-state index contributed by atoms with van der Waals surface area (Å²) in [5.41, 5.74) is -0.127. The van der Waals surface area contributed by atoms with Crippen LogP contribution in [0.4, 0.5) is 4.79 Å². The van der Waals surface area contributed by atoms with Crippen LogP contribution in [-0.2, 0) is 9.59 Å². The summed E-state index contributed by atoms with van der Waals surface area (Å²) in [7, 11) is 1.70. The molecule has 1 unspecified atom stereocenters. The first-order valence-electron chi connectivity index (χ1n) is 7.09. The van der Waals surface area contributed by atoms with Gasteiger partial charge in [-0.2, -0.15) is 0 Å². The van der Waals surface area contributed by atoms with Crippen LogP contribution in [0.2, 0.25) is 0 Å². The molecule has 0 aliphatic carbocycles. The van der Waals surface area contributed by atoms with Crippen LogP contribution in [0, 0.1) is 11.3 Å². The number of amides is 3. The Balaban J connectivity index is 2.50. The maximum atomic E-state index is 12.0. The monoisotopic (exact) mass is 299 g/mol. The van der Waals surface area contributed by atoms with Crippen molar-refractivity contribution < 1.29 is 19.5 Å². The van der Waals surface area contributed by atoms with Crippen molar-refractivity contribution >= 4 is 17.9 Å². The minimum absolute atomic E-state index is 0.0410. The molecule has 7 nitrogen and oxygen atoms in total. The summed E-state index contributed by atoms with van der Waals surface area (Å²) in [6.07, 6.45) is 0.476. The van der Waals surface area contributed by atoms with Crippen molar-refractivity contribution in [1.82, 2.24) is 15.1 Å². The molecule has 1 saturated heterocycles. The first-order valence-corrected chi connectivity index (χ1v) is 7.09. The van der Waals surface area contributed by atoms with Crippen LogP contribution in [0.15, 0.2) is 0 Å². The molecule has 0 bridgehead atoms. The first-order chi connectivity index (χ1) is 9.60. The van der Waals surface area contributed by atoms with Crippen LogP contribution < -0.4 is 5.32 Å². The van der Waals surface area contributed by atoms with Gasteiger partial charge in [-0.1, -0.05) is 20.8 Å². The zero-order chi connectivity index (χ0) is 16.2. The Labute approximate surface area is 125 Å². The van der Waals surface area contributed by atoms with Gasteiger partial charge in [0.15, 0.2) is 0 Å². The number of nitrogens with zero attached hydrogens (tertiary/aromatic N) is 2. The van der Waals surface area contributed by atoms with Gasteiger partial charge in [0.2, 0.25) is 5.91 Å². The molecule has 1 rings (SSSR count). The lowest BCUT2D eigenvalue weighted by Crippen LogP contribution is -2.54. The molecule has 1 fully saturated rings. The van der Waals surface area contributed by atoms with Crippen molar-refractivity contribution in [2.45, 2.75) is 27.2 Å². The van der Waals surface area contributed by atoms with E-state index in [1.165, 1.54) is 4.90 Å². The zero-order valence-electron chi connectivity index (χ0n) is 13.2. The number of hydrogen-bond donors (Lipinski definition) is 2. The second kappa shape index (κ2) is 6.78. The predicted molar refractivity (Wildman–Crippen MR) is 77.8 cm³/mol. The molecular formula is C14H25N3O4. The van der Waals surface area contributed by atoms with Crippen LogP contribution in [-0.4, -0.2) is 66.0 Å². The van der Waals surface area contributed by atoms with Crippen molar-refractivity contribution in [2.75, 3.05) is 33.2 Å². The van der Waals surface area contributed by atoms with Gasteiger partial charge in [0, 0.05) is 26.7 Å². The van der Waals surface area contributed by atoms with E-state index >= 15 is 0 Å². The number of carboxylic acids is 1. The summed E-state index contributed by atoms with van der Waals surface area (Å²) in [6.45, 7) is 6.96. The number of rotatable bonds is 4. The lowest BCUT2D eigenvalue weighted by Gasteiger charge is -2.32. The third kappa shape index (κ3) is 5.61. The largest absolute Gasteiger partial charge is 0.481 e. The number of piperazine rings is 1. The third-order valence-electron chi connectivity index (χ3n) is 3.45. The summed E-state index contributed by atoms with van der Waals surface area (Å²) < 4.78 is 0. The standard InChI is InChI=1S/C14H25N3O4/c1-14(2,3)7-10(12(19)20)8-15-13(21)17-6-5-16(4)11(18)9-17/h10H,5-9H2,1-4H3,(H,15,21)(H,19,20). The molecule has 2 N–H and O–H groups in total. The molecule has 120 valence electrons. The van der Waals surface area contributed by atoms with Crippen molar-refractivity contribution in [3.05, 3.63) is 0 Å². The SMILES string of the molecule is CN1CCN(C(=O)NCC(CC(C)(C)C)C(=O)O)CC1=O. The fraction of sp³-hybridized carbons (Fsp3) is 0.786. The zero-order valence-corrected chi connectivity index (χ0v) is 13.2. The second-order valence-electron chi connectivity index (χ2n) is 6.72. The van der Waals surface area contributed by atoms with E-state index in [4.69, 9.17) is 0 Å². The number of aliphatic carboxylic acids is 1. The molecule has 0 aromatic rings. The van der Waals surface area contributed by atoms with E-state index in [0.717, 1.165) is 0 Å². The summed E-state index contributed by atoms with van der Waals surface area (Å²) >= 11 is 0. The van der Waals surface area contributed by atoms with Crippen LogP contribution in [0.3, 0.4) is 0 Å². The van der Waals surface area contributed by atoms with Crippen LogP contribution in [0.25, 0.3) is 0 Å². The average molecular weight is 299 g/mol. The summed E-state index contributed by atoms with van der Waals surface area (Å²) in [5, 5.41) is 11.8. The van der Waals surface area contributed by atoms with Gasteiger partial charge in [-0.25, -0.2) is 4.79 Å². The van der Waals surface area contributed by atoms with E-state index in [9.17, 15) is 19.5 Å². The molecular weight excluding hydrogens is 274 g/mol. The molecule has 3 amide bonds. The van der Waals surface area contributed by atoms with Gasteiger partial charge >= 0.3 is 12.0 Å². The Morgan fingerprint density at radius 1 is 1.33 bits per heavy atom. The van der Waals surface area contributed by atoms with Crippen molar-refractivity contribution in [3.8, 4) is 0 Å². The van der Waals surface area contributed by atoms with Gasteiger partial charge in [-0.05, 0) is 11.8 Å². The fourth-order valence-corrected chi connectivity index (χ4v) is 2.24.